The van der Waals surface area contributed by atoms with Crippen molar-refractivity contribution in [3.63, 3.8) is 0 Å². The molecule has 17 heavy (non-hydrogen) atoms. The normalized spacial score (nSPS) is 15.6. The highest BCUT2D eigenvalue weighted by Crippen LogP contribution is 2.24. The zero-order valence-corrected chi connectivity index (χ0v) is 12.2. The fourth-order valence-electron chi connectivity index (χ4n) is 1.80. The van der Waals surface area contributed by atoms with Crippen LogP contribution in [-0.4, -0.2) is 6.04 Å². The zero-order valence-electron chi connectivity index (χ0n) is 12.2. The van der Waals surface area contributed by atoms with Gasteiger partial charge in [0.1, 0.15) is 0 Å². The Morgan fingerprint density at radius 2 is 1.65 bits per heavy atom. The van der Waals surface area contributed by atoms with Gasteiger partial charge in [-0.3, -0.25) is 0 Å². The lowest BCUT2D eigenvalue weighted by Gasteiger charge is -2.32. The van der Waals surface area contributed by atoms with Gasteiger partial charge in [0, 0.05) is 12.1 Å². The average Bonchev–Trinajstić information content (AvgIpc) is 2.25. The van der Waals surface area contributed by atoms with Crippen LogP contribution in [0.15, 0.2) is 24.3 Å². The third kappa shape index (κ3) is 4.16. The second-order valence-corrected chi connectivity index (χ2v) is 6.13. The first kappa shape index (κ1) is 14.2. The van der Waals surface area contributed by atoms with Crippen LogP contribution in [0.2, 0.25) is 0 Å². The molecule has 0 radical (unpaired) electrons. The molecule has 1 nitrogen and oxygen atoms in total. The van der Waals surface area contributed by atoms with Gasteiger partial charge in [0.25, 0.3) is 0 Å². The molecule has 1 aromatic rings. The van der Waals surface area contributed by atoms with E-state index in [9.17, 15) is 0 Å². The van der Waals surface area contributed by atoms with Gasteiger partial charge < -0.3 is 5.32 Å². The number of hydrogen-bond donors (Lipinski definition) is 1. The molecule has 0 amide bonds. The number of rotatable bonds is 4. The van der Waals surface area contributed by atoms with E-state index in [0.717, 1.165) is 6.42 Å². The molecular weight excluding hydrogens is 206 g/mol. The van der Waals surface area contributed by atoms with Crippen molar-refractivity contribution < 1.29 is 0 Å². The largest absolute Gasteiger partial charge is 0.307 e. The fraction of sp³-hybridized carbons (Fsp3) is 0.625. The van der Waals surface area contributed by atoms with Gasteiger partial charge in [0.05, 0.1) is 0 Å². The van der Waals surface area contributed by atoms with E-state index in [1.165, 1.54) is 11.1 Å². The van der Waals surface area contributed by atoms with E-state index in [1.807, 2.05) is 0 Å². The summed E-state index contributed by atoms with van der Waals surface area (Å²) in [6.07, 6.45) is 1.13. The smallest absolute Gasteiger partial charge is 0.0320 e. The standard InChI is InChI=1S/C16H27N/c1-7-15(17-13(3)16(4,5)6)14-10-8-12(2)9-11-14/h8-11,13,15,17H,7H2,1-6H3. The monoisotopic (exact) mass is 233 g/mol. The summed E-state index contributed by atoms with van der Waals surface area (Å²) in [4.78, 5) is 0. The van der Waals surface area contributed by atoms with E-state index >= 15 is 0 Å². The van der Waals surface area contributed by atoms with Crippen molar-refractivity contribution in [2.75, 3.05) is 0 Å². The number of nitrogens with one attached hydrogen (secondary N) is 1. The number of benzene rings is 1. The Kier molecular flexibility index (Phi) is 4.76. The molecule has 2 atom stereocenters. The summed E-state index contributed by atoms with van der Waals surface area (Å²) < 4.78 is 0. The van der Waals surface area contributed by atoms with Gasteiger partial charge in [0.15, 0.2) is 0 Å². The van der Waals surface area contributed by atoms with E-state index in [2.05, 4.69) is 71.1 Å². The highest BCUT2D eigenvalue weighted by atomic mass is 15.0. The molecule has 1 rings (SSSR count). The van der Waals surface area contributed by atoms with Crippen LogP contribution >= 0.6 is 0 Å². The highest BCUT2D eigenvalue weighted by molar-refractivity contribution is 5.24. The number of aryl methyl sites for hydroxylation is 1. The Bertz CT molecular complexity index is 332. The van der Waals surface area contributed by atoms with Crippen molar-refractivity contribution in [1.82, 2.24) is 5.32 Å². The fourth-order valence-corrected chi connectivity index (χ4v) is 1.80. The molecule has 96 valence electrons. The Morgan fingerprint density at radius 3 is 2.06 bits per heavy atom. The second kappa shape index (κ2) is 5.68. The highest BCUT2D eigenvalue weighted by Gasteiger charge is 2.22. The van der Waals surface area contributed by atoms with Gasteiger partial charge in [-0.25, -0.2) is 0 Å². The molecule has 0 aliphatic heterocycles. The molecule has 0 aliphatic rings. The van der Waals surface area contributed by atoms with Gasteiger partial charge in [-0.15, -0.1) is 0 Å². The molecule has 0 saturated heterocycles. The van der Waals surface area contributed by atoms with Crippen molar-refractivity contribution in [3.05, 3.63) is 35.4 Å². The first-order valence-electron chi connectivity index (χ1n) is 6.67. The summed E-state index contributed by atoms with van der Waals surface area (Å²) in [6.45, 7) is 13.5. The maximum atomic E-state index is 3.74. The minimum absolute atomic E-state index is 0.304. The lowest BCUT2D eigenvalue weighted by atomic mass is 9.87. The second-order valence-electron chi connectivity index (χ2n) is 6.13. The lowest BCUT2D eigenvalue weighted by molar-refractivity contribution is 0.260. The van der Waals surface area contributed by atoms with E-state index in [-0.39, 0.29) is 0 Å². The maximum Gasteiger partial charge on any atom is 0.0320 e. The van der Waals surface area contributed by atoms with Crippen molar-refractivity contribution in [2.24, 2.45) is 5.41 Å². The first-order valence-corrected chi connectivity index (χ1v) is 6.67. The molecule has 1 heteroatoms. The SMILES string of the molecule is CCC(NC(C)C(C)(C)C)c1ccc(C)cc1. The van der Waals surface area contributed by atoms with Gasteiger partial charge >= 0.3 is 0 Å². The summed E-state index contributed by atoms with van der Waals surface area (Å²) in [5.74, 6) is 0. The van der Waals surface area contributed by atoms with Crippen LogP contribution < -0.4 is 5.32 Å². The Labute approximate surface area is 107 Å². The third-order valence-electron chi connectivity index (χ3n) is 3.64. The summed E-state index contributed by atoms with van der Waals surface area (Å²) in [5.41, 5.74) is 3.03. The van der Waals surface area contributed by atoms with E-state index in [4.69, 9.17) is 0 Å². The predicted molar refractivity (Wildman–Crippen MR) is 76.3 cm³/mol. The number of hydrogen-bond acceptors (Lipinski definition) is 1. The minimum Gasteiger partial charge on any atom is -0.307 e. The van der Waals surface area contributed by atoms with Gasteiger partial charge in [-0.1, -0.05) is 57.5 Å². The van der Waals surface area contributed by atoms with Crippen LogP contribution in [0, 0.1) is 12.3 Å². The van der Waals surface area contributed by atoms with Crippen LogP contribution in [-0.2, 0) is 0 Å². The summed E-state index contributed by atoms with van der Waals surface area (Å²) in [5, 5.41) is 3.74. The van der Waals surface area contributed by atoms with E-state index < -0.39 is 0 Å². The maximum absolute atomic E-state index is 3.74. The van der Waals surface area contributed by atoms with Gasteiger partial charge in [-0.2, -0.15) is 0 Å². The van der Waals surface area contributed by atoms with Gasteiger partial charge in [0.2, 0.25) is 0 Å². The predicted octanol–water partition coefficient (Wildman–Crippen LogP) is 4.47. The van der Waals surface area contributed by atoms with E-state index in [1.54, 1.807) is 0 Å². The molecule has 0 saturated carbocycles. The van der Waals surface area contributed by atoms with Crippen LogP contribution in [0.25, 0.3) is 0 Å². The molecule has 1 aromatic carbocycles. The van der Waals surface area contributed by atoms with Crippen LogP contribution in [0.4, 0.5) is 0 Å². The van der Waals surface area contributed by atoms with Crippen molar-refractivity contribution in [1.29, 1.82) is 0 Å². The van der Waals surface area contributed by atoms with Crippen molar-refractivity contribution >= 4 is 0 Å². The summed E-state index contributed by atoms with van der Waals surface area (Å²) in [7, 11) is 0. The molecule has 0 aliphatic carbocycles. The molecule has 0 heterocycles. The average molecular weight is 233 g/mol. The van der Waals surface area contributed by atoms with Gasteiger partial charge in [-0.05, 0) is 31.2 Å². The quantitative estimate of drug-likeness (QED) is 0.809. The molecule has 0 fully saturated rings. The molecule has 0 aromatic heterocycles. The Balaban J connectivity index is 2.75. The van der Waals surface area contributed by atoms with E-state index in [0.29, 0.717) is 17.5 Å². The summed E-state index contributed by atoms with van der Waals surface area (Å²) >= 11 is 0. The molecule has 0 bridgehead atoms. The molecular formula is C16H27N. The first-order chi connectivity index (χ1) is 7.84. The van der Waals surface area contributed by atoms with Crippen LogP contribution in [0.3, 0.4) is 0 Å². The molecule has 0 spiro atoms. The minimum atomic E-state index is 0.304. The topological polar surface area (TPSA) is 12.0 Å². The molecule has 1 N–H and O–H groups in total. The third-order valence-corrected chi connectivity index (χ3v) is 3.64. The van der Waals surface area contributed by atoms with Crippen molar-refractivity contribution in [3.8, 4) is 0 Å². The van der Waals surface area contributed by atoms with Crippen LogP contribution in [0.5, 0.6) is 0 Å². The Hall–Kier alpha value is -0.820. The van der Waals surface area contributed by atoms with Crippen molar-refractivity contribution in [2.45, 2.75) is 60.0 Å². The Morgan fingerprint density at radius 1 is 1.12 bits per heavy atom. The van der Waals surface area contributed by atoms with Crippen LogP contribution in [0.1, 0.15) is 58.2 Å². The zero-order chi connectivity index (χ0) is 13.1. The summed E-state index contributed by atoms with van der Waals surface area (Å²) in [6, 6.07) is 9.85. The molecule has 2 unspecified atom stereocenters. The lowest BCUT2D eigenvalue weighted by Crippen LogP contribution is -2.39.